The van der Waals surface area contributed by atoms with Crippen LogP contribution < -0.4 is 14.8 Å². The molecule has 0 bridgehead atoms. The smallest absolute Gasteiger partial charge is 0.283 e. The highest BCUT2D eigenvalue weighted by molar-refractivity contribution is 5.32. The van der Waals surface area contributed by atoms with E-state index in [4.69, 9.17) is 14.2 Å². The minimum absolute atomic E-state index is 0.0329. The Morgan fingerprint density at radius 2 is 1.95 bits per heavy atom. The first-order valence-electron chi connectivity index (χ1n) is 7.01. The average molecular weight is 305 g/mol. The van der Waals surface area contributed by atoms with Gasteiger partial charge in [0.15, 0.2) is 0 Å². The second-order valence-corrected chi connectivity index (χ2v) is 4.73. The second-order valence-electron chi connectivity index (χ2n) is 4.73. The maximum absolute atomic E-state index is 12.9. The Hall–Kier alpha value is -2.25. The van der Waals surface area contributed by atoms with Crippen molar-refractivity contribution < 1.29 is 18.6 Å². The lowest BCUT2D eigenvalue weighted by Gasteiger charge is -2.23. The Bertz CT molecular complexity index is 603. The third-order valence-electron chi connectivity index (χ3n) is 3.07. The topological polar surface area (TPSA) is 65.5 Å². The normalized spacial score (nSPS) is 18.0. The lowest BCUT2D eigenvalue weighted by Crippen LogP contribution is -2.41. The number of nitrogens with one attached hydrogen (secondary N) is 1. The second kappa shape index (κ2) is 7.15. The number of hydrogen-bond acceptors (Lipinski definition) is 6. The van der Waals surface area contributed by atoms with Gasteiger partial charge in [-0.15, -0.1) is 0 Å². The number of benzene rings is 1. The van der Waals surface area contributed by atoms with E-state index in [0.29, 0.717) is 19.0 Å². The summed E-state index contributed by atoms with van der Waals surface area (Å²) < 4.78 is 29.7. The molecule has 116 valence electrons. The number of ether oxygens (including phenoxy) is 3. The zero-order valence-corrected chi connectivity index (χ0v) is 11.9. The van der Waals surface area contributed by atoms with Crippen LogP contribution in [-0.4, -0.2) is 42.4 Å². The SMILES string of the molecule is Fc1ccc(Oc2nccnc2OCC2CNCCO2)cc1. The molecular formula is C15H16FN3O3. The van der Waals surface area contributed by atoms with E-state index >= 15 is 0 Å². The van der Waals surface area contributed by atoms with Gasteiger partial charge in [0.1, 0.15) is 24.3 Å². The van der Waals surface area contributed by atoms with Crippen LogP contribution in [0.1, 0.15) is 0 Å². The zero-order chi connectivity index (χ0) is 15.2. The van der Waals surface area contributed by atoms with E-state index in [1.807, 2.05) is 0 Å². The molecule has 1 aromatic heterocycles. The van der Waals surface area contributed by atoms with Crippen molar-refractivity contribution in [3.05, 3.63) is 42.5 Å². The Kier molecular flexibility index (Phi) is 4.77. The van der Waals surface area contributed by atoms with Gasteiger partial charge in [-0.2, -0.15) is 0 Å². The van der Waals surface area contributed by atoms with Crippen LogP contribution in [0.2, 0.25) is 0 Å². The molecule has 22 heavy (non-hydrogen) atoms. The lowest BCUT2D eigenvalue weighted by atomic mass is 10.3. The van der Waals surface area contributed by atoms with Gasteiger partial charge in [0.25, 0.3) is 11.8 Å². The molecule has 0 spiro atoms. The van der Waals surface area contributed by atoms with Crippen molar-refractivity contribution in [3.63, 3.8) is 0 Å². The molecule has 0 radical (unpaired) electrons. The van der Waals surface area contributed by atoms with E-state index in [2.05, 4.69) is 15.3 Å². The van der Waals surface area contributed by atoms with Gasteiger partial charge < -0.3 is 19.5 Å². The highest BCUT2D eigenvalue weighted by Crippen LogP contribution is 2.27. The first-order valence-corrected chi connectivity index (χ1v) is 7.01. The maximum Gasteiger partial charge on any atom is 0.283 e. The molecule has 7 heteroatoms. The van der Waals surface area contributed by atoms with Crippen LogP contribution in [-0.2, 0) is 4.74 Å². The molecule has 1 aromatic carbocycles. The number of hydrogen-bond donors (Lipinski definition) is 1. The van der Waals surface area contributed by atoms with Gasteiger partial charge in [-0.3, -0.25) is 0 Å². The summed E-state index contributed by atoms with van der Waals surface area (Å²) in [6.45, 7) is 2.59. The number of aromatic nitrogens is 2. The van der Waals surface area contributed by atoms with Crippen molar-refractivity contribution in [2.24, 2.45) is 0 Å². The van der Waals surface area contributed by atoms with Crippen molar-refractivity contribution in [3.8, 4) is 17.5 Å². The molecule has 0 aliphatic carbocycles. The Morgan fingerprint density at radius 3 is 2.68 bits per heavy atom. The van der Waals surface area contributed by atoms with E-state index in [1.165, 1.54) is 36.7 Å². The van der Waals surface area contributed by atoms with Gasteiger partial charge in [-0.1, -0.05) is 0 Å². The van der Waals surface area contributed by atoms with Crippen LogP contribution in [0.4, 0.5) is 4.39 Å². The van der Waals surface area contributed by atoms with Crippen LogP contribution in [0, 0.1) is 5.82 Å². The number of rotatable bonds is 5. The molecule has 1 atom stereocenters. The van der Waals surface area contributed by atoms with Gasteiger partial charge in [0.05, 0.1) is 6.61 Å². The Morgan fingerprint density at radius 1 is 1.18 bits per heavy atom. The van der Waals surface area contributed by atoms with Crippen LogP contribution in [0.3, 0.4) is 0 Å². The van der Waals surface area contributed by atoms with Crippen LogP contribution >= 0.6 is 0 Å². The summed E-state index contributed by atoms with van der Waals surface area (Å²) in [6.07, 6.45) is 2.99. The fraction of sp³-hybridized carbons (Fsp3) is 0.333. The average Bonchev–Trinajstić information content (AvgIpc) is 2.57. The van der Waals surface area contributed by atoms with Crippen molar-refractivity contribution in [1.29, 1.82) is 0 Å². The van der Waals surface area contributed by atoms with Crippen molar-refractivity contribution >= 4 is 0 Å². The molecule has 2 aromatic rings. The van der Waals surface area contributed by atoms with Crippen molar-refractivity contribution in [2.75, 3.05) is 26.3 Å². The highest BCUT2D eigenvalue weighted by atomic mass is 19.1. The van der Waals surface area contributed by atoms with Gasteiger partial charge in [-0.05, 0) is 24.3 Å². The summed E-state index contributed by atoms with van der Waals surface area (Å²) in [4.78, 5) is 8.22. The van der Waals surface area contributed by atoms with E-state index in [-0.39, 0.29) is 23.7 Å². The number of halogens is 1. The standard InChI is InChI=1S/C15H16FN3O3/c16-11-1-3-12(4-2-11)22-15-14(18-5-6-19-15)21-10-13-9-17-7-8-20-13/h1-6,13,17H,7-10H2. The molecule has 2 heterocycles. The van der Waals surface area contributed by atoms with E-state index < -0.39 is 0 Å². The summed E-state index contributed by atoms with van der Waals surface area (Å²) in [5.74, 6) is 0.645. The molecule has 1 N–H and O–H groups in total. The predicted octanol–water partition coefficient (Wildman–Crippen LogP) is 1.78. The highest BCUT2D eigenvalue weighted by Gasteiger charge is 2.16. The fourth-order valence-corrected chi connectivity index (χ4v) is 1.99. The number of morpholine rings is 1. The molecule has 0 amide bonds. The zero-order valence-electron chi connectivity index (χ0n) is 11.9. The molecule has 1 aliphatic heterocycles. The third-order valence-corrected chi connectivity index (χ3v) is 3.07. The largest absolute Gasteiger partial charge is 0.471 e. The van der Waals surface area contributed by atoms with E-state index in [1.54, 1.807) is 0 Å². The molecule has 0 saturated carbocycles. The van der Waals surface area contributed by atoms with Gasteiger partial charge in [0, 0.05) is 25.5 Å². The minimum Gasteiger partial charge on any atom is -0.471 e. The van der Waals surface area contributed by atoms with Gasteiger partial charge >= 0.3 is 0 Å². The predicted molar refractivity (Wildman–Crippen MR) is 76.6 cm³/mol. The fourth-order valence-electron chi connectivity index (χ4n) is 1.99. The van der Waals surface area contributed by atoms with E-state index in [9.17, 15) is 4.39 Å². The van der Waals surface area contributed by atoms with Crippen molar-refractivity contribution in [1.82, 2.24) is 15.3 Å². The summed E-state index contributed by atoms with van der Waals surface area (Å²) in [5, 5.41) is 3.22. The molecular weight excluding hydrogens is 289 g/mol. The molecule has 1 fully saturated rings. The molecule has 1 unspecified atom stereocenters. The molecule has 3 rings (SSSR count). The van der Waals surface area contributed by atoms with Crippen LogP contribution in [0.15, 0.2) is 36.7 Å². The third kappa shape index (κ3) is 3.90. The van der Waals surface area contributed by atoms with Gasteiger partial charge in [0.2, 0.25) is 0 Å². The maximum atomic E-state index is 12.9. The monoisotopic (exact) mass is 305 g/mol. The quantitative estimate of drug-likeness (QED) is 0.908. The Labute approximate surface area is 127 Å². The van der Waals surface area contributed by atoms with Crippen LogP contribution in [0.5, 0.6) is 17.5 Å². The summed E-state index contributed by atoms with van der Waals surface area (Å²) in [5.41, 5.74) is 0. The van der Waals surface area contributed by atoms with Crippen LogP contribution in [0.25, 0.3) is 0 Å². The lowest BCUT2D eigenvalue weighted by molar-refractivity contribution is -0.00129. The first kappa shape index (κ1) is 14.7. The molecule has 6 nitrogen and oxygen atoms in total. The summed E-state index contributed by atoms with van der Waals surface area (Å²) in [7, 11) is 0. The molecule has 1 aliphatic rings. The Balaban J connectivity index is 1.65. The summed E-state index contributed by atoms with van der Waals surface area (Å²) >= 11 is 0. The molecule has 1 saturated heterocycles. The van der Waals surface area contributed by atoms with E-state index in [0.717, 1.165) is 13.1 Å². The van der Waals surface area contributed by atoms with Crippen molar-refractivity contribution in [2.45, 2.75) is 6.10 Å². The summed E-state index contributed by atoms with van der Waals surface area (Å²) in [6, 6.07) is 5.66. The van der Waals surface area contributed by atoms with Gasteiger partial charge in [-0.25, -0.2) is 14.4 Å². The first-order chi connectivity index (χ1) is 10.8. The minimum atomic E-state index is -0.329. The number of nitrogens with zero attached hydrogens (tertiary/aromatic N) is 2.